The van der Waals surface area contributed by atoms with Crippen LogP contribution in [-0.4, -0.2) is 23.4 Å². The molecule has 1 amide bonds. The summed E-state index contributed by atoms with van der Waals surface area (Å²) in [5.41, 5.74) is 1.21. The minimum atomic E-state index is 0.170. The third-order valence-electron chi connectivity index (χ3n) is 2.80. The molecule has 1 rings (SSSR count). The Balaban J connectivity index is 0.00000121. The zero-order valence-corrected chi connectivity index (χ0v) is 11.6. The lowest BCUT2D eigenvalue weighted by molar-refractivity contribution is -0.128. The summed E-state index contributed by atoms with van der Waals surface area (Å²) in [6.07, 6.45) is 9.97. The molecule has 0 N–H and O–H groups in total. The van der Waals surface area contributed by atoms with Crippen molar-refractivity contribution in [3.63, 3.8) is 0 Å². The van der Waals surface area contributed by atoms with Gasteiger partial charge in [-0.3, -0.25) is 4.79 Å². The van der Waals surface area contributed by atoms with Crippen LogP contribution in [0.1, 0.15) is 40.5 Å². The van der Waals surface area contributed by atoms with E-state index in [2.05, 4.69) is 12.7 Å². The van der Waals surface area contributed by atoms with Crippen LogP contribution in [0.15, 0.2) is 36.5 Å². The molecule has 1 fully saturated rings. The molecule has 1 aliphatic rings. The van der Waals surface area contributed by atoms with Gasteiger partial charge in [-0.25, -0.2) is 0 Å². The quantitative estimate of drug-likeness (QED) is 0.683. The van der Waals surface area contributed by atoms with Gasteiger partial charge in [-0.15, -0.1) is 0 Å². The largest absolute Gasteiger partial charge is 0.336 e. The van der Waals surface area contributed by atoms with Gasteiger partial charge in [0, 0.05) is 13.5 Å². The van der Waals surface area contributed by atoms with Crippen LogP contribution in [0.2, 0.25) is 0 Å². The second-order valence-electron chi connectivity index (χ2n) is 3.75. The lowest BCUT2D eigenvalue weighted by Crippen LogP contribution is -2.34. The van der Waals surface area contributed by atoms with Crippen LogP contribution < -0.4 is 0 Å². The average Bonchev–Trinajstić information content (AvgIpc) is 2.82. The molecule has 0 bridgehead atoms. The predicted octanol–water partition coefficient (Wildman–Crippen LogP) is 3.71. The van der Waals surface area contributed by atoms with Crippen LogP contribution in [0.4, 0.5) is 0 Å². The molecule has 1 unspecified atom stereocenters. The van der Waals surface area contributed by atoms with E-state index in [4.69, 9.17) is 0 Å². The zero-order valence-electron chi connectivity index (χ0n) is 11.6. The molecule has 2 nitrogen and oxygen atoms in total. The van der Waals surface area contributed by atoms with E-state index in [-0.39, 0.29) is 11.9 Å². The van der Waals surface area contributed by atoms with Crippen molar-refractivity contribution in [2.24, 2.45) is 0 Å². The molecule has 2 heteroatoms. The van der Waals surface area contributed by atoms with Crippen LogP contribution in [0, 0.1) is 0 Å². The van der Waals surface area contributed by atoms with Gasteiger partial charge in [0.1, 0.15) is 0 Å². The van der Waals surface area contributed by atoms with E-state index < -0.39 is 0 Å². The highest BCUT2D eigenvalue weighted by atomic mass is 16.2. The number of likely N-dealkylation sites (tertiary alicyclic amines) is 1. The molecule has 1 heterocycles. The maximum Gasteiger partial charge on any atom is 0.219 e. The summed E-state index contributed by atoms with van der Waals surface area (Å²) >= 11 is 0. The fraction of sp³-hybridized carbons (Fsp3) is 0.533. The molecule has 0 radical (unpaired) electrons. The summed E-state index contributed by atoms with van der Waals surface area (Å²) in [7, 11) is 0. The molecule has 0 aliphatic carbocycles. The number of rotatable bonds is 3. The van der Waals surface area contributed by atoms with Crippen LogP contribution in [0.5, 0.6) is 0 Å². The van der Waals surface area contributed by atoms with E-state index in [9.17, 15) is 4.79 Å². The summed E-state index contributed by atoms with van der Waals surface area (Å²) in [6, 6.07) is 0.267. The number of allylic oxidation sites excluding steroid dienone is 3. The van der Waals surface area contributed by atoms with E-state index >= 15 is 0 Å². The van der Waals surface area contributed by atoms with E-state index in [1.54, 1.807) is 13.0 Å². The molecule has 0 aromatic heterocycles. The minimum Gasteiger partial charge on any atom is -0.336 e. The van der Waals surface area contributed by atoms with Crippen molar-refractivity contribution in [1.29, 1.82) is 0 Å². The Hall–Kier alpha value is -1.31. The lowest BCUT2D eigenvalue weighted by atomic mass is 10.0. The van der Waals surface area contributed by atoms with Gasteiger partial charge in [-0.2, -0.15) is 0 Å². The molecular weight excluding hydrogens is 210 g/mol. The van der Waals surface area contributed by atoms with Crippen molar-refractivity contribution >= 4 is 5.91 Å². The summed E-state index contributed by atoms with van der Waals surface area (Å²) in [5.74, 6) is 0.170. The van der Waals surface area contributed by atoms with Gasteiger partial charge in [0.05, 0.1) is 6.04 Å². The van der Waals surface area contributed by atoms with E-state index in [0.29, 0.717) is 0 Å². The van der Waals surface area contributed by atoms with Gasteiger partial charge in [-0.05, 0) is 25.3 Å². The fourth-order valence-corrected chi connectivity index (χ4v) is 2.07. The summed E-state index contributed by atoms with van der Waals surface area (Å²) in [5, 5.41) is 0. The molecule has 1 atom stereocenters. The van der Waals surface area contributed by atoms with Crippen LogP contribution in [0.3, 0.4) is 0 Å². The Bertz CT molecular complexity index is 302. The van der Waals surface area contributed by atoms with E-state index in [0.717, 1.165) is 19.4 Å². The molecule has 1 aliphatic heterocycles. The molecule has 96 valence electrons. The highest BCUT2D eigenvalue weighted by Gasteiger charge is 2.27. The standard InChI is InChI=1S/C13H19NO.C2H6/c1-4-6-8-12(5-2)13-9-7-10-14(13)11(3)15;1-2/h4-6,8,13H,1,7,9-10H2,2-3H3;1-2H3/b8-6-,12-5+;. The van der Waals surface area contributed by atoms with E-state index in [1.165, 1.54) is 5.57 Å². The number of hydrogen-bond donors (Lipinski definition) is 0. The maximum absolute atomic E-state index is 11.4. The highest BCUT2D eigenvalue weighted by molar-refractivity contribution is 5.74. The van der Waals surface area contributed by atoms with Crippen molar-refractivity contribution in [1.82, 2.24) is 4.90 Å². The smallest absolute Gasteiger partial charge is 0.219 e. The molecule has 0 spiro atoms. The molecule has 0 aromatic rings. The Morgan fingerprint density at radius 1 is 1.41 bits per heavy atom. The van der Waals surface area contributed by atoms with Gasteiger partial charge < -0.3 is 4.90 Å². The van der Waals surface area contributed by atoms with Gasteiger partial charge in [0.2, 0.25) is 5.91 Å². The van der Waals surface area contributed by atoms with Gasteiger partial charge in [0.15, 0.2) is 0 Å². The first-order valence-electron chi connectivity index (χ1n) is 6.43. The summed E-state index contributed by atoms with van der Waals surface area (Å²) in [6.45, 7) is 12.2. The van der Waals surface area contributed by atoms with Crippen LogP contribution >= 0.6 is 0 Å². The van der Waals surface area contributed by atoms with Crippen LogP contribution in [-0.2, 0) is 4.79 Å². The van der Waals surface area contributed by atoms with Gasteiger partial charge in [0.25, 0.3) is 0 Å². The van der Waals surface area contributed by atoms with E-state index in [1.807, 2.05) is 37.8 Å². The van der Waals surface area contributed by atoms with Gasteiger partial charge in [-0.1, -0.05) is 44.7 Å². The maximum atomic E-state index is 11.4. The first-order chi connectivity index (χ1) is 8.20. The molecule has 1 saturated heterocycles. The summed E-state index contributed by atoms with van der Waals surface area (Å²) in [4.78, 5) is 13.4. The number of amides is 1. The van der Waals surface area contributed by atoms with Gasteiger partial charge >= 0.3 is 0 Å². The van der Waals surface area contributed by atoms with Crippen LogP contribution in [0.25, 0.3) is 0 Å². The zero-order chi connectivity index (χ0) is 13.3. The third kappa shape index (κ3) is 4.59. The molecule has 0 aromatic carbocycles. The monoisotopic (exact) mass is 235 g/mol. The lowest BCUT2D eigenvalue weighted by Gasteiger charge is -2.24. The second-order valence-corrected chi connectivity index (χ2v) is 3.75. The predicted molar refractivity (Wildman–Crippen MR) is 74.9 cm³/mol. The third-order valence-corrected chi connectivity index (χ3v) is 2.80. The van der Waals surface area contributed by atoms with Crippen molar-refractivity contribution in [3.8, 4) is 0 Å². The Kier molecular flexibility index (Phi) is 8.12. The topological polar surface area (TPSA) is 20.3 Å². The Labute approximate surface area is 106 Å². The number of nitrogens with zero attached hydrogens (tertiary/aromatic N) is 1. The first kappa shape index (κ1) is 15.7. The van der Waals surface area contributed by atoms with Crippen molar-refractivity contribution < 1.29 is 4.79 Å². The summed E-state index contributed by atoms with van der Waals surface area (Å²) < 4.78 is 0. The minimum absolute atomic E-state index is 0.170. The van der Waals surface area contributed by atoms with Crippen molar-refractivity contribution in [3.05, 3.63) is 36.5 Å². The fourth-order valence-electron chi connectivity index (χ4n) is 2.07. The number of carbonyl (C=O) groups excluding carboxylic acids is 1. The average molecular weight is 235 g/mol. The van der Waals surface area contributed by atoms with Crippen molar-refractivity contribution in [2.75, 3.05) is 6.54 Å². The molecular formula is C15H25NO. The highest BCUT2D eigenvalue weighted by Crippen LogP contribution is 2.24. The number of carbonyl (C=O) groups is 1. The first-order valence-corrected chi connectivity index (χ1v) is 6.43. The number of hydrogen-bond acceptors (Lipinski definition) is 1. The Morgan fingerprint density at radius 3 is 2.53 bits per heavy atom. The SMILES string of the molecule is C=C/C=C\C(=C/C)C1CCCN1C(C)=O.CC. The normalized spacial score (nSPS) is 20.1. The molecule has 17 heavy (non-hydrogen) atoms. The Morgan fingerprint density at radius 2 is 2.06 bits per heavy atom. The van der Waals surface area contributed by atoms with Crippen molar-refractivity contribution in [2.45, 2.75) is 46.6 Å². The molecule has 0 saturated carbocycles. The second kappa shape index (κ2) is 8.80.